The van der Waals surface area contributed by atoms with Gasteiger partial charge in [0.05, 0.1) is 34.3 Å². The zero-order valence-electron chi connectivity index (χ0n) is 24.9. The van der Waals surface area contributed by atoms with Crippen molar-refractivity contribution in [2.45, 2.75) is 43.4 Å². The van der Waals surface area contributed by atoms with Crippen molar-refractivity contribution in [3.05, 3.63) is 84.1 Å². The van der Waals surface area contributed by atoms with E-state index in [0.717, 1.165) is 5.56 Å². The molecule has 3 heterocycles. The van der Waals surface area contributed by atoms with Gasteiger partial charge < -0.3 is 10.5 Å². The topological polar surface area (TPSA) is 142 Å². The van der Waals surface area contributed by atoms with E-state index >= 15 is 0 Å². The van der Waals surface area contributed by atoms with Gasteiger partial charge in [0.1, 0.15) is 9.84 Å². The van der Waals surface area contributed by atoms with E-state index in [2.05, 4.69) is 9.88 Å². The molecule has 1 saturated heterocycles. The first kappa shape index (κ1) is 31.4. The van der Waals surface area contributed by atoms with Crippen LogP contribution in [0.4, 0.5) is 5.69 Å². The first-order valence-electron chi connectivity index (χ1n) is 14.4. The van der Waals surface area contributed by atoms with Crippen LogP contribution in [0.25, 0.3) is 27.9 Å². The summed E-state index contributed by atoms with van der Waals surface area (Å²) in [4.78, 5) is 19.1. The minimum absolute atomic E-state index is 0.104. The van der Waals surface area contributed by atoms with Gasteiger partial charge in [-0.1, -0.05) is 42.5 Å². The highest BCUT2D eigenvalue weighted by molar-refractivity contribution is 7.91. The molecule has 12 heteroatoms. The van der Waals surface area contributed by atoms with E-state index in [4.69, 9.17) is 10.5 Å². The molecule has 1 aliphatic rings. The number of carbonyl (C=O) groups is 1. The maximum absolute atomic E-state index is 14.1. The third-order valence-electron chi connectivity index (χ3n) is 7.91. The molecular weight excluding hydrogens is 601 g/mol. The monoisotopic (exact) mass is 636 g/mol. The normalized spacial score (nSPS) is 15.5. The van der Waals surface area contributed by atoms with Gasteiger partial charge in [-0.15, -0.1) is 0 Å². The van der Waals surface area contributed by atoms with Gasteiger partial charge in [0.2, 0.25) is 0 Å². The van der Waals surface area contributed by atoms with Crippen LogP contribution in [0.2, 0.25) is 0 Å². The number of esters is 1. The molecule has 0 unspecified atom stereocenters. The minimum atomic E-state index is -4.09. The number of nitrogens with two attached hydrogens (primary N) is 1. The Labute approximate surface area is 258 Å². The average molecular weight is 637 g/mol. The van der Waals surface area contributed by atoms with E-state index in [9.17, 15) is 21.6 Å². The first-order valence-corrected chi connectivity index (χ1v) is 17.8. The Morgan fingerprint density at radius 2 is 1.70 bits per heavy atom. The summed E-state index contributed by atoms with van der Waals surface area (Å²) in [6, 6.07) is 17.5. The summed E-state index contributed by atoms with van der Waals surface area (Å²) in [6.45, 7) is 5.69. The Morgan fingerprint density at radius 1 is 1.05 bits per heavy atom. The van der Waals surface area contributed by atoms with Crippen molar-refractivity contribution in [1.82, 2.24) is 13.9 Å². The first-order chi connectivity index (χ1) is 20.9. The number of fused-ring (bicyclic) bond motifs is 1. The number of ether oxygens (including phenoxy) is 1. The number of nitrogen functional groups attached to an aromatic ring is 1. The number of pyridine rings is 1. The molecule has 10 nitrogen and oxygen atoms in total. The quantitative estimate of drug-likeness (QED) is 0.208. The summed E-state index contributed by atoms with van der Waals surface area (Å²) < 4.78 is 58.4. The number of nitrogens with zero attached hydrogens (tertiary/aromatic N) is 3. The van der Waals surface area contributed by atoms with Crippen LogP contribution in [-0.2, 0) is 35.9 Å². The fourth-order valence-electron chi connectivity index (χ4n) is 5.69. The van der Waals surface area contributed by atoms with Crippen LogP contribution in [0.5, 0.6) is 0 Å². The summed E-state index contributed by atoms with van der Waals surface area (Å²) in [5.74, 6) is -0.526. The molecule has 1 aliphatic heterocycles. The van der Waals surface area contributed by atoms with Gasteiger partial charge in [-0.05, 0) is 74.7 Å². The fourth-order valence-corrected chi connectivity index (χ4v) is 8.26. The highest BCUT2D eigenvalue weighted by Crippen LogP contribution is 2.37. The maximum atomic E-state index is 14.1. The number of allylic oxidation sites excluding steroid dienone is 1. The number of hydrogen-bond donors (Lipinski definition) is 1. The van der Waals surface area contributed by atoms with Crippen LogP contribution >= 0.6 is 0 Å². The summed E-state index contributed by atoms with van der Waals surface area (Å²) >= 11 is 0. The zero-order valence-corrected chi connectivity index (χ0v) is 26.6. The predicted molar refractivity (Wildman–Crippen MR) is 172 cm³/mol. The molecule has 0 amide bonds. The van der Waals surface area contributed by atoms with Gasteiger partial charge >= 0.3 is 5.97 Å². The number of piperidine rings is 1. The molecule has 44 heavy (non-hydrogen) atoms. The van der Waals surface area contributed by atoms with E-state index in [-0.39, 0.29) is 22.4 Å². The lowest BCUT2D eigenvalue weighted by Crippen LogP contribution is -2.38. The molecule has 0 bridgehead atoms. The summed E-state index contributed by atoms with van der Waals surface area (Å²) in [5.41, 5.74) is 9.91. The summed E-state index contributed by atoms with van der Waals surface area (Å²) in [6.07, 6.45) is 5.25. The maximum Gasteiger partial charge on any atom is 0.331 e. The lowest BCUT2D eigenvalue weighted by Gasteiger charge is -2.31. The van der Waals surface area contributed by atoms with Crippen molar-refractivity contribution in [3.63, 3.8) is 0 Å². The van der Waals surface area contributed by atoms with Crippen LogP contribution in [0.15, 0.2) is 77.8 Å². The van der Waals surface area contributed by atoms with E-state index in [1.54, 1.807) is 38.1 Å². The Bertz CT molecular complexity index is 1930. The second-order valence-electron chi connectivity index (χ2n) is 11.0. The van der Waals surface area contributed by atoms with E-state index < -0.39 is 25.8 Å². The third-order valence-corrected chi connectivity index (χ3v) is 11.3. The number of anilines is 1. The second kappa shape index (κ2) is 12.5. The molecular formula is C32H36N4O6S2. The number of carbonyl (C=O) groups excluding carboxylic acids is 1. The molecule has 5 rings (SSSR count). The second-order valence-corrected chi connectivity index (χ2v) is 15.1. The molecule has 2 aromatic carbocycles. The molecule has 0 radical (unpaired) electrons. The van der Waals surface area contributed by atoms with E-state index in [1.165, 1.54) is 34.6 Å². The fraction of sp³-hybridized carbons (Fsp3) is 0.312. The zero-order chi connectivity index (χ0) is 31.6. The van der Waals surface area contributed by atoms with Gasteiger partial charge in [-0.3, -0.25) is 4.90 Å². The molecule has 0 atom stereocenters. The minimum Gasteiger partial charge on any atom is -0.463 e. The van der Waals surface area contributed by atoms with E-state index in [1.807, 2.05) is 24.3 Å². The van der Waals surface area contributed by atoms with Crippen molar-refractivity contribution < 1.29 is 26.4 Å². The molecule has 2 aromatic heterocycles. The number of sulfone groups is 1. The average Bonchev–Trinajstić information content (AvgIpc) is 3.38. The van der Waals surface area contributed by atoms with Gasteiger partial charge in [-0.25, -0.2) is 30.6 Å². The van der Waals surface area contributed by atoms with Gasteiger partial charge in [-0.2, -0.15) is 0 Å². The summed E-state index contributed by atoms with van der Waals surface area (Å²) in [5, 5.41) is 0.188. The SMILES string of the molecule is CCOC(=O)/C=C(\C)c1c(N)cnc2c1cc(-c1ccc(CN3CCC(S(C)(=O)=O)CC3)cc1)n2S(=O)(=O)c1ccccc1. The van der Waals surface area contributed by atoms with Crippen molar-refractivity contribution in [2.75, 3.05) is 31.7 Å². The standard InChI is InChI=1S/C32H36N4O6S2/c1-4-42-30(37)18-22(2)31-27-19-29(36(32(27)34-20-28(31)33)44(40,41)26-8-6-5-7-9-26)24-12-10-23(11-13-24)21-35-16-14-25(15-17-35)43(3,38)39/h5-13,18-20,25H,4,14-17,21,33H2,1-3H3/b22-18+. The molecule has 1 fully saturated rings. The summed E-state index contributed by atoms with van der Waals surface area (Å²) in [7, 11) is -7.14. The van der Waals surface area contributed by atoms with Crippen LogP contribution in [0.1, 0.15) is 37.8 Å². The van der Waals surface area contributed by atoms with Crippen LogP contribution in [0, 0.1) is 0 Å². The highest BCUT2D eigenvalue weighted by Gasteiger charge is 2.28. The van der Waals surface area contributed by atoms with Gasteiger partial charge in [0.15, 0.2) is 5.65 Å². The highest BCUT2D eigenvalue weighted by atomic mass is 32.2. The molecule has 0 aliphatic carbocycles. The Balaban J connectivity index is 1.58. The lowest BCUT2D eigenvalue weighted by molar-refractivity contribution is -0.137. The molecule has 4 aromatic rings. The largest absolute Gasteiger partial charge is 0.463 e. The Morgan fingerprint density at radius 3 is 2.32 bits per heavy atom. The number of aromatic nitrogens is 2. The van der Waals surface area contributed by atoms with Gasteiger partial charge in [0.25, 0.3) is 10.0 Å². The molecule has 2 N–H and O–H groups in total. The van der Waals surface area contributed by atoms with Crippen LogP contribution in [-0.4, -0.2) is 67.9 Å². The number of likely N-dealkylation sites (tertiary alicyclic amines) is 1. The number of benzene rings is 2. The Kier molecular flexibility index (Phi) is 8.96. The third kappa shape index (κ3) is 6.42. The van der Waals surface area contributed by atoms with Crippen molar-refractivity contribution in [1.29, 1.82) is 0 Å². The smallest absolute Gasteiger partial charge is 0.331 e. The van der Waals surface area contributed by atoms with Crippen molar-refractivity contribution >= 4 is 48.1 Å². The van der Waals surface area contributed by atoms with Crippen molar-refractivity contribution in [2.24, 2.45) is 0 Å². The van der Waals surface area contributed by atoms with Crippen LogP contribution in [0.3, 0.4) is 0 Å². The Hall–Kier alpha value is -4.00. The van der Waals surface area contributed by atoms with E-state index in [0.29, 0.717) is 65.9 Å². The van der Waals surface area contributed by atoms with Gasteiger partial charge in [0, 0.05) is 29.8 Å². The molecule has 0 spiro atoms. The van der Waals surface area contributed by atoms with Crippen LogP contribution < -0.4 is 5.73 Å². The number of rotatable bonds is 9. The molecule has 0 saturated carbocycles. The lowest BCUT2D eigenvalue weighted by atomic mass is 10.0. The molecule has 232 valence electrons. The predicted octanol–water partition coefficient (Wildman–Crippen LogP) is 4.50. The number of hydrogen-bond acceptors (Lipinski definition) is 9. The van der Waals surface area contributed by atoms with Crippen molar-refractivity contribution in [3.8, 4) is 11.3 Å².